The highest BCUT2D eigenvalue weighted by Gasteiger charge is 2.35. The van der Waals surface area contributed by atoms with Crippen molar-refractivity contribution >= 4 is 28.5 Å². The van der Waals surface area contributed by atoms with Gasteiger partial charge >= 0.3 is 0 Å². The molecular weight excluding hydrogens is 281 g/mol. The number of aromatic amines is 1. The highest BCUT2D eigenvalue weighted by atomic mass is 35.5. The minimum atomic E-state index is -1.98. The third-order valence-electron chi connectivity index (χ3n) is 3.69. The molecule has 3 rings (SSSR count). The van der Waals surface area contributed by atoms with Crippen LogP contribution in [0.5, 0.6) is 0 Å². The molecule has 2 unspecified atom stereocenters. The number of carbonyl (C=O) groups excluding carboxylic acids is 1. The molecule has 2 atom stereocenters. The zero-order chi connectivity index (χ0) is 14.3. The number of carbonyl (C=O) groups is 1. The zero-order valence-electron chi connectivity index (χ0n) is 11.1. The van der Waals surface area contributed by atoms with Crippen molar-refractivity contribution in [3.8, 4) is 0 Å². The number of aryl methyl sites for hydroxylation is 1. The molecule has 106 valence electrons. The summed E-state index contributed by atoms with van der Waals surface area (Å²) in [5.74, 6) is 0.0274. The molecule has 6 heteroatoms. The summed E-state index contributed by atoms with van der Waals surface area (Å²) in [5, 5.41) is 0. The maximum atomic E-state index is 13.0. The summed E-state index contributed by atoms with van der Waals surface area (Å²) >= 11 is 5.27. The van der Waals surface area contributed by atoms with Gasteiger partial charge in [-0.25, -0.2) is 9.37 Å². The number of benzene rings is 1. The van der Waals surface area contributed by atoms with Gasteiger partial charge < -0.3 is 9.88 Å². The first-order chi connectivity index (χ1) is 9.56. The topological polar surface area (TPSA) is 49.0 Å². The van der Waals surface area contributed by atoms with E-state index in [1.807, 2.05) is 25.1 Å². The molecule has 0 saturated carbocycles. The second-order valence-electron chi connectivity index (χ2n) is 5.13. The van der Waals surface area contributed by atoms with Gasteiger partial charge in [-0.15, -0.1) is 0 Å². The number of aromatic nitrogens is 2. The molecule has 20 heavy (non-hydrogen) atoms. The number of alkyl halides is 2. The van der Waals surface area contributed by atoms with E-state index in [1.54, 1.807) is 0 Å². The summed E-state index contributed by atoms with van der Waals surface area (Å²) in [5.41, 5.74) is 0.938. The number of fused-ring (bicyclic) bond motifs is 1. The van der Waals surface area contributed by atoms with E-state index < -0.39 is 11.5 Å². The maximum Gasteiger partial charge on any atom is 0.273 e. The summed E-state index contributed by atoms with van der Waals surface area (Å²) in [7, 11) is 0. The Balaban J connectivity index is 1.95. The Morgan fingerprint density at radius 2 is 2.40 bits per heavy atom. The van der Waals surface area contributed by atoms with Crippen molar-refractivity contribution in [3.05, 3.63) is 29.6 Å². The largest absolute Gasteiger partial charge is 0.340 e. The Labute approximate surface area is 120 Å². The summed E-state index contributed by atoms with van der Waals surface area (Å²) in [6.07, 6.45) is 1.60. The van der Waals surface area contributed by atoms with Crippen LogP contribution < -0.4 is 0 Å². The number of nitrogens with one attached hydrogen (secondary N) is 1. The van der Waals surface area contributed by atoms with Gasteiger partial charge in [-0.3, -0.25) is 4.79 Å². The van der Waals surface area contributed by atoms with Crippen LogP contribution in [0, 0.1) is 6.92 Å². The second-order valence-corrected chi connectivity index (χ2v) is 5.52. The van der Waals surface area contributed by atoms with Crippen molar-refractivity contribution in [2.75, 3.05) is 6.54 Å². The van der Waals surface area contributed by atoms with Crippen LogP contribution in [0.3, 0.4) is 0 Å². The van der Waals surface area contributed by atoms with E-state index in [0.29, 0.717) is 12.4 Å². The van der Waals surface area contributed by atoms with Crippen molar-refractivity contribution < 1.29 is 9.18 Å². The minimum absolute atomic E-state index is 0.216. The summed E-state index contributed by atoms with van der Waals surface area (Å²) < 4.78 is 13.0. The second kappa shape index (κ2) is 5.05. The zero-order valence-corrected chi connectivity index (χ0v) is 11.8. The Morgan fingerprint density at radius 3 is 3.15 bits per heavy atom. The average Bonchev–Trinajstić information content (AvgIpc) is 3.02. The Morgan fingerprint density at radius 1 is 1.60 bits per heavy atom. The maximum absolute atomic E-state index is 13.0. The van der Waals surface area contributed by atoms with E-state index in [1.165, 1.54) is 4.90 Å². The van der Waals surface area contributed by atoms with Crippen molar-refractivity contribution in [1.82, 2.24) is 14.9 Å². The van der Waals surface area contributed by atoms with Crippen molar-refractivity contribution in [1.29, 1.82) is 0 Å². The van der Waals surface area contributed by atoms with Crippen LogP contribution in [0.25, 0.3) is 11.0 Å². The number of hydrogen-bond acceptors (Lipinski definition) is 2. The predicted molar refractivity (Wildman–Crippen MR) is 75.3 cm³/mol. The van der Waals surface area contributed by atoms with Gasteiger partial charge in [0.05, 0.1) is 17.1 Å². The van der Waals surface area contributed by atoms with Gasteiger partial charge in [0, 0.05) is 6.54 Å². The SMILES string of the molecule is Cc1ccc2nc(C3CCCN3C(=O)C(F)Cl)[nH]c2c1. The average molecular weight is 296 g/mol. The number of nitrogens with zero attached hydrogens (tertiary/aromatic N) is 2. The molecule has 0 radical (unpaired) electrons. The molecule has 4 nitrogen and oxygen atoms in total. The molecule has 2 heterocycles. The van der Waals surface area contributed by atoms with E-state index in [0.717, 1.165) is 29.4 Å². The number of hydrogen-bond donors (Lipinski definition) is 1. The molecule has 1 fully saturated rings. The lowest BCUT2D eigenvalue weighted by Gasteiger charge is -2.23. The first-order valence-electron chi connectivity index (χ1n) is 6.61. The number of rotatable bonds is 2. The molecule has 1 aromatic carbocycles. The molecule has 1 saturated heterocycles. The van der Waals surface area contributed by atoms with Crippen LogP contribution in [-0.4, -0.2) is 33.0 Å². The molecule has 1 amide bonds. The predicted octanol–water partition coefficient (Wildman–Crippen LogP) is 3.07. The van der Waals surface area contributed by atoms with Crippen LogP contribution >= 0.6 is 11.6 Å². The Hall–Kier alpha value is -1.62. The molecule has 1 aliphatic heterocycles. The lowest BCUT2D eigenvalue weighted by atomic mass is 10.2. The first kappa shape index (κ1) is 13.4. The molecule has 0 bridgehead atoms. The van der Waals surface area contributed by atoms with E-state index in [9.17, 15) is 9.18 Å². The van der Waals surface area contributed by atoms with Gasteiger partial charge in [0.2, 0.25) is 0 Å². The molecule has 0 aliphatic carbocycles. The van der Waals surface area contributed by atoms with Crippen LogP contribution in [0.4, 0.5) is 4.39 Å². The summed E-state index contributed by atoms with van der Waals surface area (Å²) in [6.45, 7) is 2.53. The lowest BCUT2D eigenvalue weighted by molar-refractivity contribution is -0.134. The fourth-order valence-corrected chi connectivity index (χ4v) is 2.87. The van der Waals surface area contributed by atoms with Gasteiger partial charge in [-0.1, -0.05) is 17.7 Å². The monoisotopic (exact) mass is 295 g/mol. The van der Waals surface area contributed by atoms with E-state index >= 15 is 0 Å². The fraction of sp³-hybridized carbons (Fsp3) is 0.429. The number of imidazole rings is 1. The molecule has 1 N–H and O–H groups in total. The lowest BCUT2D eigenvalue weighted by Crippen LogP contribution is -2.35. The number of halogens is 2. The minimum Gasteiger partial charge on any atom is -0.340 e. The normalized spacial score (nSPS) is 20.6. The third-order valence-corrected chi connectivity index (χ3v) is 3.88. The third kappa shape index (κ3) is 2.26. The van der Waals surface area contributed by atoms with Crippen molar-refractivity contribution in [2.24, 2.45) is 0 Å². The number of amides is 1. The van der Waals surface area contributed by atoms with Gasteiger partial charge in [0.25, 0.3) is 11.5 Å². The first-order valence-corrected chi connectivity index (χ1v) is 7.05. The Bertz CT molecular complexity index is 655. The van der Waals surface area contributed by atoms with E-state index in [-0.39, 0.29) is 6.04 Å². The van der Waals surface area contributed by atoms with Crippen LogP contribution in [-0.2, 0) is 4.79 Å². The van der Waals surface area contributed by atoms with Gasteiger partial charge in [0.1, 0.15) is 5.82 Å². The fourth-order valence-electron chi connectivity index (χ4n) is 2.74. The quantitative estimate of drug-likeness (QED) is 0.866. The summed E-state index contributed by atoms with van der Waals surface area (Å²) in [6, 6.07) is 5.71. The number of likely N-dealkylation sites (tertiary alicyclic amines) is 1. The molecule has 1 aliphatic rings. The van der Waals surface area contributed by atoms with E-state index in [2.05, 4.69) is 9.97 Å². The standard InChI is InChI=1S/C14H15ClFN3O/c1-8-4-5-9-10(7-8)18-13(17-9)11-3-2-6-19(11)14(20)12(15)16/h4-5,7,11-12H,2-3,6H2,1H3,(H,17,18). The van der Waals surface area contributed by atoms with Gasteiger partial charge in [0.15, 0.2) is 0 Å². The highest BCUT2D eigenvalue weighted by Crippen LogP contribution is 2.32. The molecule has 0 spiro atoms. The Kier molecular flexibility index (Phi) is 3.38. The van der Waals surface area contributed by atoms with Gasteiger partial charge in [-0.05, 0) is 37.5 Å². The van der Waals surface area contributed by atoms with Crippen LogP contribution in [0.1, 0.15) is 30.3 Å². The molecule has 1 aromatic heterocycles. The van der Waals surface area contributed by atoms with E-state index in [4.69, 9.17) is 11.6 Å². The van der Waals surface area contributed by atoms with Crippen LogP contribution in [0.2, 0.25) is 0 Å². The van der Waals surface area contributed by atoms with Gasteiger partial charge in [-0.2, -0.15) is 0 Å². The summed E-state index contributed by atoms with van der Waals surface area (Å²) in [4.78, 5) is 21.0. The molecular formula is C14H15ClFN3O. The number of H-pyrrole nitrogens is 1. The highest BCUT2D eigenvalue weighted by molar-refractivity contribution is 6.29. The smallest absolute Gasteiger partial charge is 0.273 e. The van der Waals surface area contributed by atoms with Crippen molar-refractivity contribution in [2.45, 2.75) is 31.4 Å². The molecule has 2 aromatic rings. The van der Waals surface area contributed by atoms with Crippen LogP contribution in [0.15, 0.2) is 18.2 Å². The van der Waals surface area contributed by atoms with Crippen molar-refractivity contribution in [3.63, 3.8) is 0 Å².